The highest BCUT2D eigenvalue weighted by atomic mass is 19.1. The number of carbonyl (C=O) groups excluding carboxylic acids is 1. The fourth-order valence-electron chi connectivity index (χ4n) is 4.86. The third-order valence-electron chi connectivity index (χ3n) is 6.33. The zero-order chi connectivity index (χ0) is 20.7. The highest BCUT2D eigenvalue weighted by molar-refractivity contribution is 5.95. The summed E-state index contributed by atoms with van der Waals surface area (Å²) in [6, 6.07) is 21.7. The van der Waals surface area contributed by atoms with Crippen LogP contribution in [0.3, 0.4) is 0 Å². The highest BCUT2D eigenvalue weighted by Gasteiger charge is 2.45. The number of aliphatic hydroxyl groups excluding tert-OH is 1. The van der Waals surface area contributed by atoms with Crippen molar-refractivity contribution in [3.8, 4) is 11.1 Å². The fourth-order valence-corrected chi connectivity index (χ4v) is 4.86. The minimum atomic E-state index is -0.264. The first-order chi connectivity index (χ1) is 14.7. The van der Waals surface area contributed by atoms with Crippen molar-refractivity contribution in [2.75, 3.05) is 18.5 Å². The van der Waals surface area contributed by atoms with Crippen LogP contribution < -0.4 is 5.32 Å². The number of anilines is 1. The third kappa shape index (κ3) is 3.15. The molecule has 0 unspecified atom stereocenters. The molecule has 1 saturated heterocycles. The van der Waals surface area contributed by atoms with Gasteiger partial charge < -0.3 is 15.3 Å². The van der Waals surface area contributed by atoms with Crippen molar-refractivity contribution < 1.29 is 14.3 Å². The summed E-state index contributed by atoms with van der Waals surface area (Å²) in [5.41, 5.74) is 4.57. The van der Waals surface area contributed by atoms with Crippen molar-refractivity contribution in [2.45, 2.75) is 18.5 Å². The lowest BCUT2D eigenvalue weighted by atomic mass is 9.82. The maximum absolute atomic E-state index is 13.4. The predicted molar refractivity (Wildman–Crippen MR) is 115 cm³/mol. The van der Waals surface area contributed by atoms with Gasteiger partial charge in [0.15, 0.2) is 0 Å². The van der Waals surface area contributed by atoms with Gasteiger partial charge in [-0.25, -0.2) is 4.39 Å². The van der Waals surface area contributed by atoms with Crippen LogP contribution in [0.15, 0.2) is 72.8 Å². The van der Waals surface area contributed by atoms with Gasteiger partial charge in [-0.05, 0) is 59.5 Å². The number of nitrogens with one attached hydrogen (secondary N) is 1. The van der Waals surface area contributed by atoms with E-state index in [4.69, 9.17) is 0 Å². The molecule has 3 atom stereocenters. The number of benzene rings is 3. The number of amides is 1. The number of carbonyl (C=O) groups is 1. The van der Waals surface area contributed by atoms with Gasteiger partial charge in [0, 0.05) is 23.7 Å². The van der Waals surface area contributed by atoms with Crippen LogP contribution in [-0.4, -0.2) is 35.1 Å². The number of aliphatic hydroxyl groups is 1. The van der Waals surface area contributed by atoms with Crippen LogP contribution in [0, 0.1) is 11.7 Å². The first-order valence-electron chi connectivity index (χ1n) is 10.3. The molecule has 1 amide bonds. The molecule has 3 aromatic carbocycles. The van der Waals surface area contributed by atoms with Crippen molar-refractivity contribution in [3.05, 3.63) is 89.7 Å². The molecule has 1 fully saturated rings. The fraction of sp³-hybridized carbons (Fsp3) is 0.240. The molecule has 2 aliphatic heterocycles. The van der Waals surface area contributed by atoms with Crippen molar-refractivity contribution in [3.63, 3.8) is 0 Å². The number of fused-ring (bicyclic) bond motifs is 3. The molecular weight excluding hydrogens is 379 g/mol. The molecule has 3 aromatic rings. The third-order valence-corrected chi connectivity index (χ3v) is 6.33. The Kier molecular flexibility index (Phi) is 4.75. The number of hydrogen-bond donors (Lipinski definition) is 2. The van der Waals surface area contributed by atoms with E-state index >= 15 is 0 Å². The molecule has 0 aromatic heterocycles. The molecule has 4 nitrogen and oxygen atoms in total. The van der Waals surface area contributed by atoms with Gasteiger partial charge in [-0.15, -0.1) is 0 Å². The standard InChI is InChI=1S/C25H23FN2O2/c26-19-9-6-16(7-10-19)18-8-11-22-21(14-18)24-20(23(15-29)27-22)12-13-28(24)25(30)17-4-2-1-3-5-17/h1-11,14,20,23-24,27,29H,12-13,15H2/t20-,23-,24-/m1/s1. The molecule has 0 spiro atoms. The zero-order valence-corrected chi connectivity index (χ0v) is 16.5. The summed E-state index contributed by atoms with van der Waals surface area (Å²) < 4.78 is 13.4. The van der Waals surface area contributed by atoms with Gasteiger partial charge >= 0.3 is 0 Å². The van der Waals surface area contributed by atoms with Gasteiger partial charge in [-0.2, -0.15) is 0 Å². The first-order valence-corrected chi connectivity index (χ1v) is 10.3. The number of rotatable bonds is 3. The van der Waals surface area contributed by atoms with Crippen LogP contribution in [0.1, 0.15) is 28.4 Å². The number of nitrogens with zero attached hydrogens (tertiary/aromatic N) is 1. The molecule has 30 heavy (non-hydrogen) atoms. The van der Waals surface area contributed by atoms with Crippen LogP contribution in [-0.2, 0) is 0 Å². The monoisotopic (exact) mass is 402 g/mol. The molecular formula is C25H23FN2O2. The Morgan fingerprint density at radius 2 is 1.77 bits per heavy atom. The summed E-state index contributed by atoms with van der Waals surface area (Å²) in [6.45, 7) is 0.676. The van der Waals surface area contributed by atoms with Crippen LogP contribution >= 0.6 is 0 Å². The van der Waals surface area contributed by atoms with E-state index in [2.05, 4.69) is 11.4 Å². The smallest absolute Gasteiger partial charge is 0.254 e. The largest absolute Gasteiger partial charge is 0.394 e. The summed E-state index contributed by atoms with van der Waals surface area (Å²) >= 11 is 0. The number of likely N-dealkylation sites (tertiary alicyclic amines) is 1. The second-order valence-electron chi connectivity index (χ2n) is 8.00. The van der Waals surface area contributed by atoms with Gasteiger partial charge in [-0.1, -0.05) is 36.4 Å². The van der Waals surface area contributed by atoms with Crippen molar-refractivity contribution >= 4 is 11.6 Å². The Hall–Kier alpha value is -3.18. The van der Waals surface area contributed by atoms with E-state index < -0.39 is 0 Å². The van der Waals surface area contributed by atoms with E-state index in [1.54, 1.807) is 12.1 Å². The normalized spacial score (nSPS) is 22.2. The molecule has 2 heterocycles. The highest BCUT2D eigenvalue weighted by Crippen LogP contribution is 2.47. The average molecular weight is 402 g/mol. The average Bonchev–Trinajstić information content (AvgIpc) is 3.24. The van der Waals surface area contributed by atoms with Crippen LogP contribution in [0.25, 0.3) is 11.1 Å². The second kappa shape index (κ2) is 7.58. The van der Waals surface area contributed by atoms with Crippen molar-refractivity contribution in [1.29, 1.82) is 0 Å². The Morgan fingerprint density at radius 3 is 2.50 bits per heavy atom. The van der Waals surface area contributed by atoms with E-state index in [1.807, 2.05) is 47.4 Å². The van der Waals surface area contributed by atoms with Gasteiger partial charge in [0.2, 0.25) is 0 Å². The number of hydrogen-bond acceptors (Lipinski definition) is 3. The lowest BCUT2D eigenvalue weighted by Crippen LogP contribution is -2.42. The molecule has 5 rings (SSSR count). The van der Waals surface area contributed by atoms with Crippen LogP contribution in [0.5, 0.6) is 0 Å². The second-order valence-corrected chi connectivity index (χ2v) is 8.00. The molecule has 152 valence electrons. The Balaban J connectivity index is 1.57. The number of halogens is 1. The Morgan fingerprint density at radius 1 is 1.03 bits per heavy atom. The molecule has 2 aliphatic rings. The lowest BCUT2D eigenvalue weighted by Gasteiger charge is -2.39. The van der Waals surface area contributed by atoms with Crippen molar-refractivity contribution in [1.82, 2.24) is 4.90 Å². The van der Waals surface area contributed by atoms with Gasteiger partial charge in [-0.3, -0.25) is 4.79 Å². The van der Waals surface area contributed by atoms with Crippen LogP contribution in [0.2, 0.25) is 0 Å². The maximum Gasteiger partial charge on any atom is 0.254 e. The Labute approximate surface area is 175 Å². The quantitative estimate of drug-likeness (QED) is 0.679. The van der Waals surface area contributed by atoms with Gasteiger partial charge in [0.25, 0.3) is 5.91 Å². The summed E-state index contributed by atoms with van der Waals surface area (Å²) in [5.74, 6) is -0.113. The van der Waals surface area contributed by atoms with E-state index in [-0.39, 0.29) is 36.3 Å². The minimum absolute atomic E-state index is 0.0137. The summed E-state index contributed by atoms with van der Waals surface area (Å²) in [5, 5.41) is 13.4. The lowest BCUT2D eigenvalue weighted by molar-refractivity contribution is 0.0701. The molecule has 0 aliphatic carbocycles. The maximum atomic E-state index is 13.4. The molecule has 5 heteroatoms. The predicted octanol–water partition coefficient (Wildman–Crippen LogP) is 4.48. The molecule has 0 radical (unpaired) electrons. The van der Waals surface area contributed by atoms with E-state index in [9.17, 15) is 14.3 Å². The van der Waals surface area contributed by atoms with Gasteiger partial charge in [0.05, 0.1) is 18.7 Å². The first kappa shape index (κ1) is 18.8. The van der Waals surface area contributed by atoms with Gasteiger partial charge in [0.1, 0.15) is 5.82 Å². The summed E-state index contributed by atoms with van der Waals surface area (Å²) in [6.07, 6.45) is 0.835. The van der Waals surface area contributed by atoms with E-state index in [0.29, 0.717) is 12.1 Å². The minimum Gasteiger partial charge on any atom is -0.394 e. The zero-order valence-electron chi connectivity index (χ0n) is 16.5. The molecule has 0 bridgehead atoms. The summed E-state index contributed by atoms with van der Waals surface area (Å²) in [7, 11) is 0. The summed E-state index contributed by atoms with van der Waals surface area (Å²) in [4.78, 5) is 15.2. The van der Waals surface area contributed by atoms with Crippen LogP contribution in [0.4, 0.5) is 10.1 Å². The molecule has 2 N–H and O–H groups in total. The SMILES string of the molecule is O=C(c1ccccc1)N1CC[C@@H]2[C@@H](CO)Nc3ccc(-c4ccc(F)cc4)cc3[C@@H]21. The van der Waals surface area contributed by atoms with Crippen molar-refractivity contribution in [2.24, 2.45) is 5.92 Å². The topological polar surface area (TPSA) is 52.6 Å². The molecule has 0 saturated carbocycles. The van der Waals surface area contributed by atoms with E-state index in [1.165, 1.54) is 12.1 Å². The van der Waals surface area contributed by atoms with E-state index in [0.717, 1.165) is 28.8 Å². The Bertz CT molecular complexity index is 1070.